The number of ether oxygens (including phenoxy) is 2. The lowest BCUT2D eigenvalue weighted by atomic mass is 9.84. The molecule has 1 heterocycles. The number of carboxylic acids is 1. The molecule has 8 heteroatoms. The molecule has 0 saturated heterocycles. The summed E-state index contributed by atoms with van der Waals surface area (Å²) in [4.78, 5) is 24.0. The number of aliphatic carboxylic acids is 1. The van der Waals surface area contributed by atoms with Crippen LogP contribution in [0.25, 0.3) is 10.9 Å². The van der Waals surface area contributed by atoms with Gasteiger partial charge in [-0.05, 0) is 63.5 Å². The van der Waals surface area contributed by atoms with Gasteiger partial charge in [-0.2, -0.15) is 5.10 Å². The number of fused-ring (bicyclic) bond motifs is 1. The molecule has 2 rings (SSSR count). The minimum absolute atomic E-state index is 0.0633. The molecule has 2 atom stereocenters. The predicted octanol–water partition coefficient (Wildman–Crippen LogP) is 4.26. The molecule has 2 aromatic rings. The molecular formula is C24H37N3O5. The molecule has 178 valence electrons. The van der Waals surface area contributed by atoms with Crippen LogP contribution in [-0.2, 0) is 27.2 Å². The maximum atomic E-state index is 12.1. The lowest BCUT2D eigenvalue weighted by molar-refractivity contribution is -0.140. The topological polar surface area (TPSA) is 103 Å². The maximum Gasteiger partial charge on any atom is 0.408 e. The zero-order valence-electron chi connectivity index (χ0n) is 20.1. The molecule has 0 radical (unpaired) electrons. The van der Waals surface area contributed by atoms with Gasteiger partial charge in [-0.1, -0.05) is 26.0 Å². The van der Waals surface area contributed by atoms with E-state index in [0.29, 0.717) is 19.4 Å². The first-order valence-corrected chi connectivity index (χ1v) is 11.2. The largest absolute Gasteiger partial charge is 0.480 e. The smallest absolute Gasteiger partial charge is 0.408 e. The maximum absolute atomic E-state index is 12.1. The summed E-state index contributed by atoms with van der Waals surface area (Å²) in [6, 6.07) is 5.23. The second-order valence-corrected chi connectivity index (χ2v) is 9.59. The number of benzene rings is 1. The number of methoxy groups -OCH3 is 1. The second-order valence-electron chi connectivity index (χ2n) is 9.59. The predicted molar refractivity (Wildman–Crippen MR) is 124 cm³/mol. The number of rotatable bonds is 11. The van der Waals surface area contributed by atoms with Gasteiger partial charge in [-0.15, -0.1) is 0 Å². The van der Waals surface area contributed by atoms with Crippen LogP contribution in [0.1, 0.15) is 53.0 Å². The van der Waals surface area contributed by atoms with Gasteiger partial charge in [0.1, 0.15) is 11.6 Å². The fourth-order valence-corrected chi connectivity index (χ4v) is 3.65. The Balaban J connectivity index is 2.14. The van der Waals surface area contributed by atoms with E-state index in [1.807, 2.05) is 10.9 Å². The highest BCUT2D eigenvalue weighted by Gasteiger charge is 2.28. The van der Waals surface area contributed by atoms with Gasteiger partial charge >= 0.3 is 12.1 Å². The molecule has 1 amide bonds. The third-order valence-corrected chi connectivity index (χ3v) is 5.40. The van der Waals surface area contributed by atoms with E-state index in [-0.39, 0.29) is 11.8 Å². The number of carbonyl (C=O) groups is 2. The molecule has 0 aliphatic heterocycles. The summed E-state index contributed by atoms with van der Waals surface area (Å²) in [5.41, 5.74) is 1.49. The van der Waals surface area contributed by atoms with Crippen molar-refractivity contribution in [1.29, 1.82) is 0 Å². The van der Waals surface area contributed by atoms with E-state index in [0.717, 1.165) is 29.4 Å². The normalized spacial score (nSPS) is 13.8. The Hall–Kier alpha value is -2.61. The average Bonchev–Trinajstić information content (AvgIpc) is 3.07. The number of aromatic nitrogens is 2. The highest BCUT2D eigenvalue weighted by atomic mass is 16.6. The molecule has 0 spiro atoms. The molecule has 8 nitrogen and oxygen atoms in total. The summed E-state index contributed by atoms with van der Waals surface area (Å²) >= 11 is 0. The molecule has 0 aliphatic carbocycles. The fraction of sp³-hybridized carbons (Fsp3) is 0.625. The van der Waals surface area contributed by atoms with Crippen LogP contribution in [-0.4, -0.2) is 52.3 Å². The Bertz CT molecular complexity index is 901. The fourth-order valence-electron chi connectivity index (χ4n) is 3.65. The van der Waals surface area contributed by atoms with Gasteiger partial charge in [0.15, 0.2) is 0 Å². The number of amides is 1. The van der Waals surface area contributed by atoms with Crippen molar-refractivity contribution >= 4 is 23.0 Å². The molecule has 2 unspecified atom stereocenters. The number of hydrogen-bond donors (Lipinski definition) is 2. The van der Waals surface area contributed by atoms with Crippen molar-refractivity contribution in [3.63, 3.8) is 0 Å². The van der Waals surface area contributed by atoms with E-state index in [4.69, 9.17) is 9.47 Å². The Morgan fingerprint density at radius 3 is 2.56 bits per heavy atom. The highest BCUT2D eigenvalue weighted by molar-refractivity contribution is 5.80. The summed E-state index contributed by atoms with van der Waals surface area (Å²) in [6.07, 6.45) is 3.04. The van der Waals surface area contributed by atoms with Gasteiger partial charge in [0.05, 0.1) is 11.7 Å². The summed E-state index contributed by atoms with van der Waals surface area (Å²) in [5, 5.41) is 17.7. The zero-order valence-corrected chi connectivity index (χ0v) is 20.1. The first-order valence-electron chi connectivity index (χ1n) is 11.2. The molecular weight excluding hydrogens is 410 g/mol. The van der Waals surface area contributed by atoms with Crippen molar-refractivity contribution in [2.75, 3.05) is 13.7 Å². The van der Waals surface area contributed by atoms with Gasteiger partial charge in [0.2, 0.25) is 0 Å². The Morgan fingerprint density at radius 2 is 1.97 bits per heavy atom. The van der Waals surface area contributed by atoms with Crippen molar-refractivity contribution in [3.8, 4) is 0 Å². The van der Waals surface area contributed by atoms with Crippen molar-refractivity contribution in [2.45, 2.75) is 72.1 Å². The van der Waals surface area contributed by atoms with Crippen LogP contribution in [0.3, 0.4) is 0 Å². The monoisotopic (exact) mass is 447 g/mol. The van der Waals surface area contributed by atoms with Crippen LogP contribution < -0.4 is 5.32 Å². The van der Waals surface area contributed by atoms with Crippen molar-refractivity contribution in [1.82, 2.24) is 15.1 Å². The third-order valence-electron chi connectivity index (χ3n) is 5.40. The summed E-state index contributed by atoms with van der Waals surface area (Å²) in [5.74, 6) is -0.763. The van der Waals surface area contributed by atoms with Crippen LogP contribution in [0.2, 0.25) is 0 Å². The number of hydrogen-bond acceptors (Lipinski definition) is 5. The number of aryl methyl sites for hydroxylation is 1. The lowest BCUT2D eigenvalue weighted by Crippen LogP contribution is -2.45. The Kier molecular flexibility index (Phi) is 9.07. The quantitative estimate of drug-likeness (QED) is 0.499. The van der Waals surface area contributed by atoms with Crippen LogP contribution >= 0.6 is 0 Å². The molecule has 2 N–H and O–H groups in total. The highest BCUT2D eigenvalue weighted by Crippen LogP contribution is 2.25. The molecule has 0 saturated carbocycles. The van der Waals surface area contributed by atoms with E-state index in [9.17, 15) is 14.7 Å². The van der Waals surface area contributed by atoms with E-state index in [1.54, 1.807) is 27.9 Å². The third kappa shape index (κ3) is 7.82. The SMILES string of the molecule is COCCCn1ncc2ccc(CC(CC(NC(=O)OC(C)(C)C)C(=O)O)C(C)C)cc21. The van der Waals surface area contributed by atoms with Crippen LogP contribution in [0.15, 0.2) is 24.4 Å². The summed E-state index contributed by atoms with van der Waals surface area (Å²) < 4.78 is 12.4. The van der Waals surface area contributed by atoms with E-state index >= 15 is 0 Å². The first-order chi connectivity index (χ1) is 15.0. The minimum atomic E-state index is -1.06. The van der Waals surface area contributed by atoms with E-state index in [2.05, 4.69) is 42.5 Å². The lowest BCUT2D eigenvalue weighted by Gasteiger charge is -2.26. The number of nitrogens with zero attached hydrogens (tertiary/aromatic N) is 2. The number of carboxylic acid groups (broad SMARTS) is 1. The van der Waals surface area contributed by atoms with Gasteiger partial charge in [-0.3, -0.25) is 4.68 Å². The number of alkyl carbamates (subject to hydrolysis) is 1. The Morgan fingerprint density at radius 1 is 1.25 bits per heavy atom. The van der Waals surface area contributed by atoms with Gasteiger partial charge < -0.3 is 19.9 Å². The van der Waals surface area contributed by atoms with Crippen molar-refractivity contribution in [2.24, 2.45) is 11.8 Å². The first kappa shape index (κ1) is 25.6. The van der Waals surface area contributed by atoms with Crippen molar-refractivity contribution in [3.05, 3.63) is 30.0 Å². The standard InChI is InChI=1S/C24H37N3O5/c1-16(2)19(14-20(22(28)29)26-23(30)32-24(3,4)5)12-17-8-9-18-15-25-27(21(18)13-17)10-7-11-31-6/h8-9,13,15-16,19-20H,7,10-12,14H2,1-6H3,(H,26,30)(H,28,29). The second kappa shape index (κ2) is 11.3. The molecule has 1 aromatic heterocycles. The molecule has 32 heavy (non-hydrogen) atoms. The van der Waals surface area contributed by atoms with Crippen LogP contribution in [0, 0.1) is 11.8 Å². The summed E-state index contributed by atoms with van der Waals surface area (Å²) in [7, 11) is 1.69. The van der Waals surface area contributed by atoms with Gasteiger partial charge in [-0.25, -0.2) is 9.59 Å². The molecule has 0 fully saturated rings. The molecule has 0 bridgehead atoms. The van der Waals surface area contributed by atoms with E-state index in [1.165, 1.54) is 0 Å². The van der Waals surface area contributed by atoms with Gasteiger partial charge in [0, 0.05) is 25.6 Å². The zero-order chi connectivity index (χ0) is 23.9. The average molecular weight is 448 g/mol. The number of carbonyl (C=O) groups excluding carboxylic acids is 1. The van der Waals surface area contributed by atoms with Crippen LogP contribution in [0.4, 0.5) is 4.79 Å². The van der Waals surface area contributed by atoms with Crippen LogP contribution in [0.5, 0.6) is 0 Å². The molecule has 0 aliphatic rings. The minimum Gasteiger partial charge on any atom is -0.480 e. The summed E-state index contributed by atoms with van der Waals surface area (Å²) in [6.45, 7) is 10.8. The van der Waals surface area contributed by atoms with E-state index < -0.39 is 23.7 Å². The number of nitrogens with one attached hydrogen (secondary N) is 1. The van der Waals surface area contributed by atoms with Crippen molar-refractivity contribution < 1.29 is 24.2 Å². The molecule has 1 aromatic carbocycles. The van der Waals surface area contributed by atoms with Gasteiger partial charge in [0.25, 0.3) is 0 Å². The Labute approximate surface area is 190 Å².